The van der Waals surface area contributed by atoms with Gasteiger partial charge in [0.25, 0.3) is 17.7 Å². The van der Waals surface area contributed by atoms with Gasteiger partial charge in [0, 0.05) is 22.8 Å². The summed E-state index contributed by atoms with van der Waals surface area (Å²) in [6.45, 7) is -0.0707. The quantitative estimate of drug-likeness (QED) is 0.0760. The molecule has 0 radical (unpaired) electrons. The Morgan fingerprint density at radius 2 is 2.22 bits per heavy atom. The number of amides is 3. The summed E-state index contributed by atoms with van der Waals surface area (Å²) in [5, 5.41) is 17.3. The maximum Gasteiger partial charge on any atom is 0.352 e. The normalized spacial score (nSPS) is 18.9. The molecule has 0 aliphatic carbocycles. The van der Waals surface area contributed by atoms with Gasteiger partial charge in [0.05, 0.1) is 0 Å². The molecule has 13 nitrogen and oxygen atoms in total. The van der Waals surface area contributed by atoms with Crippen LogP contribution in [-0.2, 0) is 25.8 Å². The number of oxime groups is 1. The molecule has 3 amide bonds. The van der Waals surface area contributed by atoms with Crippen molar-refractivity contribution < 1.29 is 33.7 Å². The molecule has 2 aromatic rings. The second-order valence-corrected chi connectivity index (χ2v) is 9.73. The van der Waals surface area contributed by atoms with E-state index in [9.17, 15) is 24.3 Å². The highest BCUT2D eigenvalue weighted by Crippen LogP contribution is 2.40. The van der Waals surface area contributed by atoms with E-state index in [2.05, 4.69) is 21.4 Å². The van der Waals surface area contributed by atoms with Gasteiger partial charge in [0.15, 0.2) is 36.4 Å². The maximum absolute atomic E-state index is 13.0. The number of hydrogen-bond acceptors (Lipinski definition) is 10. The fourth-order valence-corrected chi connectivity index (χ4v) is 5.62. The number of carboxylic acid groups (broad SMARTS) is 1. The topological polar surface area (TPSA) is 194 Å². The van der Waals surface area contributed by atoms with E-state index in [1.165, 1.54) is 29.4 Å². The van der Waals surface area contributed by atoms with Crippen molar-refractivity contribution in [3.05, 3.63) is 52.4 Å². The molecular weight excluding hydrogens is 522 g/mol. The van der Waals surface area contributed by atoms with Gasteiger partial charge in [-0.2, -0.15) is 0 Å². The minimum absolute atomic E-state index is 0.123. The number of terminal acetylenes is 1. The molecule has 2 aliphatic heterocycles. The summed E-state index contributed by atoms with van der Waals surface area (Å²) < 4.78 is 1.61. The van der Waals surface area contributed by atoms with Crippen LogP contribution in [0, 0.1) is 12.3 Å². The summed E-state index contributed by atoms with van der Waals surface area (Å²) >= 11 is 2.38. The van der Waals surface area contributed by atoms with Crippen LogP contribution >= 0.6 is 23.1 Å². The lowest BCUT2D eigenvalue weighted by atomic mass is 10.0. The first-order valence-corrected chi connectivity index (χ1v) is 12.5. The summed E-state index contributed by atoms with van der Waals surface area (Å²) in [4.78, 5) is 59.7. The maximum atomic E-state index is 13.0. The third-order valence-corrected chi connectivity index (χ3v) is 7.35. The number of nitrogen functional groups attached to an aromatic ring is 1. The molecule has 2 aliphatic rings. The molecule has 37 heavy (non-hydrogen) atoms. The zero-order valence-electron chi connectivity index (χ0n) is 19.0. The van der Waals surface area contributed by atoms with E-state index in [0.29, 0.717) is 5.57 Å². The minimum atomic E-state index is -1.28. The van der Waals surface area contributed by atoms with Gasteiger partial charge in [-0.05, 0) is 6.07 Å². The van der Waals surface area contributed by atoms with E-state index in [0.717, 1.165) is 16.2 Å². The minimum Gasteiger partial charge on any atom is -0.477 e. The van der Waals surface area contributed by atoms with Crippen LogP contribution in [0.5, 0.6) is 0 Å². The van der Waals surface area contributed by atoms with Crippen molar-refractivity contribution >= 4 is 57.6 Å². The van der Waals surface area contributed by atoms with Crippen molar-refractivity contribution in [2.45, 2.75) is 18.0 Å². The predicted octanol–water partition coefficient (Wildman–Crippen LogP) is -1.10. The molecule has 0 saturated carbocycles. The molecule has 2 aromatic heterocycles. The Hall–Kier alpha value is -4.42. The fraction of sp³-hybridized carbons (Fsp3) is 0.227. The Balaban J connectivity index is 1.54. The van der Waals surface area contributed by atoms with Gasteiger partial charge in [-0.25, -0.2) is 14.3 Å². The summed E-state index contributed by atoms with van der Waals surface area (Å²) in [5.41, 5.74) is 11.4. The highest BCUT2D eigenvalue weighted by molar-refractivity contribution is 8.00. The monoisotopic (exact) mass is 542 g/mol. The van der Waals surface area contributed by atoms with Crippen LogP contribution in [0.15, 0.2) is 46.3 Å². The Morgan fingerprint density at radius 3 is 2.86 bits per heavy atom. The summed E-state index contributed by atoms with van der Waals surface area (Å²) in [6.07, 6.45) is 8.31. The number of rotatable bonds is 9. The van der Waals surface area contributed by atoms with E-state index in [1.807, 2.05) is 0 Å². The SMILES string of the molecule is C#CCON=C(C(=O)NC1C(=O)N2C(C(=O)O)=C(C[n+]3cccc(C(N)=O)c3)CS[C@H]12)c1csc(N)n1. The number of nitrogens with zero attached hydrogens (tertiary/aromatic N) is 4. The van der Waals surface area contributed by atoms with Crippen molar-refractivity contribution in [2.75, 3.05) is 18.1 Å². The number of nitrogens with one attached hydrogen (secondary N) is 1. The zero-order chi connectivity index (χ0) is 26.7. The first kappa shape index (κ1) is 25.7. The number of carboxylic acids is 1. The first-order chi connectivity index (χ1) is 17.7. The third-order valence-electron chi connectivity index (χ3n) is 5.34. The second kappa shape index (κ2) is 10.7. The van der Waals surface area contributed by atoms with Gasteiger partial charge < -0.3 is 26.7 Å². The molecule has 4 rings (SSSR count). The van der Waals surface area contributed by atoms with Crippen LogP contribution in [0.4, 0.5) is 5.13 Å². The van der Waals surface area contributed by atoms with Crippen LogP contribution in [0.25, 0.3) is 0 Å². The summed E-state index contributed by atoms with van der Waals surface area (Å²) in [5.74, 6) is -0.775. The van der Waals surface area contributed by atoms with Crippen LogP contribution in [0.1, 0.15) is 16.1 Å². The van der Waals surface area contributed by atoms with Crippen molar-refractivity contribution in [2.24, 2.45) is 10.9 Å². The number of aliphatic carboxylic acids is 1. The number of carbonyl (C=O) groups excluding carboxylic acids is 3. The lowest BCUT2D eigenvalue weighted by molar-refractivity contribution is -0.689. The average molecular weight is 543 g/mol. The molecule has 4 heterocycles. The van der Waals surface area contributed by atoms with E-state index < -0.39 is 35.1 Å². The number of aromatic nitrogens is 2. The van der Waals surface area contributed by atoms with Crippen molar-refractivity contribution in [1.82, 2.24) is 15.2 Å². The first-order valence-electron chi connectivity index (χ1n) is 10.6. The highest BCUT2D eigenvalue weighted by atomic mass is 32.2. The largest absolute Gasteiger partial charge is 0.477 e. The Morgan fingerprint density at radius 1 is 1.43 bits per heavy atom. The van der Waals surface area contributed by atoms with Gasteiger partial charge in [-0.1, -0.05) is 11.1 Å². The van der Waals surface area contributed by atoms with Crippen LogP contribution in [0.3, 0.4) is 0 Å². The highest BCUT2D eigenvalue weighted by Gasteiger charge is 2.54. The fourth-order valence-electron chi connectivity index (χ4n) is 3.74. The standard InChI is InChI=1S/C22H19N7O6S2/c1-2-6-35-27-14(13-10-37-22(24)25-13)18(31)26-15-19(32)29-16(21(33)34)12(9-36-20(15)29)8-28-5-3-4-11(7-28)17(23)30/h1,3-5,7,10,15,20H,6,8-9H2,(H5-,23,24,25,26,30,31,33,34)/p+1/t15?,20-/m1/s1. The van der Waals surface area contributed by atoms with Gasteiger partial charge in [0.2, 0.25) is 0 Å². The summed E-state index contributed by atoms with van der Waals surface area (Å²) in [7, 11) is 0. The number of primary amides is 1. The van der Waals surface area contributed by atoms with Crippen LogP contribution in [-0.4, -0.2) is 68.2 Å². The number of thioether (sulfide) groups is 1. The van der Waals surface area contributed by atoms with Gasteiger partial charge in [0.1, 0.15) is 28.4 Å². The third kappa shape index (κ3) is 5.25. The molecule has 190 valence electrons. The Labute approximate surface area is 218 Å². The lowest BCUT2D eigenvalue weighted by Crippen LogP contribution is -2.71. The Bertz CT molecular complexity index is 1400. The lowest BCUT2D eigenvalue weighted by Gasteiger charge is -2.49. The van der Waals surface area contributed by atoms with Gasteiger partial charge in [-0.15, -0.1) is 29.5 Å². The van der Waals surface area contributed by atoms with Crippen molar-refractivity contribution in [3.8, 4) is 12.3 Å². The van der Waals surface area contributed by atoms with E-state index in [4.69, 9.17) is 22.7 Å². The number of anilines is 1. The van der Waals surface area contributed by atoms with E-state index in [1.54, 1.807) is 16.8 Å². The predicted molar refractivity (Wildman–Crippen MR) is 133 cm³/mol. The zero-order valence-corrected chi connectivity index (χ0v) is 20.6. The molecule has 0 aromatic carbocycles. The number of β-lactam (4-membered cyclic amide) rings is 1. The molecule has 1 fully saturated rings. The van der Waals surface area contributed by atoms with Crippen molar-refractivity contribution in [3.63, 3.8) is 0 Å². The van der Waals surface area contributed by atoms with E-state index >= 15 is 0 Å². The molecular formula is C22H20N7O6S2+. The van der Waals surface area contributed by atoms with Crippen molar-refractivity contribution in [1.29, 1.82) is 0 Å². The molecule has 0 spiro atoms. The smallest absolute Gasteiger partial charge is 0.352 e. The van der Waals surface area contributed by atoms with E-state index in [-0.39, 0.29) is 46.7 Å². The number of fused-ring (bicyclic) bond motifs is 1. The average Bonchev–Trinajstić information content (AvgIpc) is 3.30. The summed E-state index contributed by atoms with van der Waals surface area (Å²) in [6, 6.07) is 2.15. The second-order valence-electron chi connectivity index (χ2n) is 7.74. The van der Waals surface area contributed by atoms with Crippen LogP contribution < -0.4 is 21.4 Å². The number of hydrogen-bond donors (Lipinski definition) is 4. The number of carbonyl (C=O) groups is 4. The van der Waals surface area contributed by atoms with Crippen LogP contribution in [0.2, 0.25) is 0 Å². The molecule has 2 atom stereocenters. The van der Waals surface area contributed by atoms with Gasteiger partial charge >= 0.3 is 5.97 Å². The molecule has 1 saturated heterocycles. The number of pyridine rings is 1. The molecule has 15 heteroatoms. The Kier molecular flexibility index (Phi) is 7.41. The van der Waals surface area contributed by atoms with Gasteiger partial charge in [-0.3, -0.25) is 19.3 Å². The molecule has 0 bridgehead atoms. The molecule has 1 unspecified atom stereocenters. The number of thiazole rings is 1. The number of nitrogens with two attached hydrogens (primary N) is 2. The molecule has 6 N–H and O–H groups in total.